The van der Waals surface area contributed by atoms with Crippen LogP contribution in [0.1, 0.15) is 23.1 Å². The molecule has 26 heavy (non-hydrogen) atoms. The molecule has 2 aromatic carbocycles. The first-order chi connectivity index (χ1) is 12.3. The van der Waals surface area contributed by atoms with Gasteiger partial charge in [0.1, 0.15) is 5.75 Å². The third-order valence-electron chi connectivity index (χ3n) is 4.10. The number of nitrogens with zero attached hydrogens (tertiary/aromatic N) is 1. The van der Waals surface area contributed by atoms with E-state index in [0.717, 1.165) is 16.7 Å². The average molecular weight is 358 g/mol. The zero-order valence-corrected chi connectivity index (χ0v) is 13.4. The molecule has 0 spiro atoms. The summed E-state index contributed by atoms with van der Waals surface area (Å²) in [6, 6.07) is 10.9. The van der Waals surface area contributed by atoms with Gasteiger partial charge in [-0.15, -0.1) is 13.2 Å². The Morgan fingerprint density at radius 3 is 2.42 bits per heavy atom. The zero-order chi connectivity index (χ0) is 18.9. The number of alkyl halides is 3. The van der Waals surface area contributed by atoms with E-state index in [-0.39, 0.29) is 5.75 Å². The molecule has 4 nitrogen and oxygen atoms in total. The van der Waals surface area contributed by atoms with E-state index in [4.69, 9.17) is 5.73 Å². The Labute approximate surface area is 147 Å². The molecule has 0 aliphatic heterocycles. The predicted octanol–water partition coefficient (Wildman–Crippen LogP) is 3.94. The standard InChI is InChI=1S/C19H13F3N2O2/c20-19(21,22)26-15-4-1-12(2-5-15)17-8-11(10-23)7-14-9-13(18(24)25)3-6-16(14)17/h1-2,4-5,7-9H,3,6H2,(H2,24,25). The summed E-state index contributed by atoms with van der Waals surface area (Å²) in [5.41, 5.74) is 9.22. The number of amides is 1. The van der Waals surface area contributed by atoms with E-state index in [0.29, 0.717) is 29.5 Å². The van der Waals surface area contributed by atoms with E-state index in [1.165, 1.54) is 24.3 Å². The molecule has 3 rings (SSSR count). The lowest BCUT2D eigenvalue weighted by molar-refractivity contribution is -0.274. The molecule has 0 bridgehead atoms. The maximum absolute atomic E-state index is 12.3. The number of hydrogen-bond donors (Lipinski definition) is 1. The highest BCUT2D eigenvalue weighted by Crippen LogP contribution is 2.35. The van der Waals surface area contributed by atoms with Gasteiger partial charge in [-0.1, -0.05) is 12.1 Å². The molecule has 0 saturated heterocycles. The van der Waals surface area contributed by atoms with Crippen LogP contribution >= 0.6 is 0 Å². The fourth-order valence-electron chi connectivity index (χ4n) is 2.97. The zero-order valence-electron chi connectivity index (χ0n) is 13.4. The Balaban J connectivity index is 2.05. The molecule has 7 heteroatoms. The van der Waals surface area contributed by atoms with Crippen LogP contribution in [0, 0.1) is 11.3 Å². The molecule has 2 N–H and O–H groups in total. The highest BCUT2D eigenvalue weighted by Gasteiger charge is 2.31. The lowest BCUT2D eigenvalue weighted by Crippen LogP contribution is -2.17. The van der Waals surface area contributed by atoms with Crippen molar-refractivity contribution in [1.82, 2.24) is 0 Å². The van der Waals surface area contributed by atoms with Gasteiger partial charge in [-0.25, -0.2) is 0 Å². The van der Waals surface area contributed by atoms with Gasteiger partial charge >= 0.3 is 6.36 Å². The Hall–Kier alpha value is -3.27. The van der Waals surface area contributed by atoms with E-state index < -0.39 is 12.3 Å². The number of hydrogen-bond acceptors (Lipinski definition) is 3. The molecule has 0 radical (unpaired) electrons. The van der Waals surface area contributed by atoms with Gasteiger partial charge in [0.25, 0.3) is 0 Å². The fourth-order valence-corrected chi connectivity index (χ4v) is 2.97. The molecule has 0 heterocycles. The molecular weight excluding hydrogens is 345 g/mol. The van der Waals surface area contributed by atoms with Crippen molar-refractivity contribution in [1.29, 1.82) is 5.26 Å². The van der Waals surface area contributed by atoms with Crippen LogP contribution in [0.25, 0.3) is 17.2 Å². The number of carbonyl (C=O) groups excluding carboxylic acids is 1. The highest BCUT2D eigenvalue weighted by atomic mass is 19.4. The van der Waals surface area contributed by atoms with Crippen LogP contribution in [0.2, 0.25) is 0 Å². The summed E-state index contributed by atoms with van der Waals surface area (Å²) in [4.78, 5) is 11.4. The topological polar surface area (TPSA) is 76.1 Å². The molecule has 0 atom stereocenters. The summed E-state index contributed by atoms with van der Waals surface area (Å²) in [5, 5.41) is 9.25. The fraction of sp³-hybridized carbons (Fsp3) is 0.158. The van der Waals surface area contributed by atoms with Crippen molar-refractivity contribution in [3.05, 3.63) is 58.7 Å². The predicted molar refractivity (Wildman–Crippen MR) is 88.8 cm³/mol. The van der Waals surface area contributed by atoms with E-state index in [9.17, 15) is 23.2 Å². The Morgan fingerprint density at radius 1 is 1.15 bits per heavy atom. The number of carbonyl (C=O) groups is 1. The lowest BCUT2D eigenvalue weighted by atomic mass is 9.85. The van der Waals surface area contributed by atoms with Crippen LogP contribution in [-0.2, 0) is 11.2 Å². The van der Waals surface area contributed by atoms with Crippen molar-refractivity contribution in [3.8, 4) is 22.9 Å². The Morgan fingerprint density at radius 2 is 1.85 bits per heavy atom. The van der Waals surface area contributed by atoms with Crippen LogP contribution in [-0.4, -0.2) is 12.3 Å². The molecule has 0 fully saturated rings. The second-order valence-corrected chi connectivity index (χ2v) is 5.81. The third kappa shape index (κ3) is 3.70. The molecule has 1 aliphatic carbocycles. The number of ether oxygens (including phenoxy) is 1. The van der Waals surface area contributed by atoms with Crippen LogP contribution in [0.3, 0.4) is 0 Å². The van der Waals surface area contributed by atoms with Gasteiger partial charge in [0, 0.05) is 5.57 Å². The minimum atomic E-state index is -4.75. The van der Waals surface area contributed by atoms with Gasteiger partial charge < -0.3 is 10.5 Å². The smallest absolute Gasteiger partial charge is 0.406 e. The number of nitriles is 1. The van der Waals surface area contributed by atoms with Gasteiger partial charge in [-0.3, -0.25) is 4.79 Å². The molecule has 1 amide bonds. The van der Waals surface area contributed by atoms with Crippen LogP contribution in [0.5, 0.6) is 5.75 Å². The third-order valence-corrected chi connectivity index (χ3v) is 4.10. The van der Waals surface area contributed by atoms with E-state index in [1.54, 1.807) is 18.2 Å². The molecule has 132 valence electrons. The number of benzene rings is 2. The first-order valence-corrected chi connectivity index (χ1v) is 7.70. The number of rotatable bonds is 3. The van der Waals surface area contributed by atoms with Gasteiger partial charge in [0.05, 0.1) is 11.6 Å². The monoisotopic (exact) mass is 358 g/mol. The molecule has 0 saturated carbocycles. The first kappa shape index (κ1) is 17.5. The van der Waals surface area contributed by atoms with Crippen LogP contribution in [0.15, 0.2) is 42.0 Å². The van der Waals surface area contributed by atoms with Crippen molar-refractivity contribution in [2.24, 2.45) is 5.73 Å². The minimum Gasteiger partial charge on any atom is -0.406 e. The maximum Gasteiger partial charge on any atom is 0.573 e. The summed E-state index contributed by atoms with van der Waals surface area (Å²) in [5.74, 6) is -0.823. The normalized spacial score (nSPS) is 13.4. The van der Waals surface area contributed by atoms with E-state index >= 15 is 0 Å². The van der Waals surface area contributed by atoms with Crippen molar-refractivity contribution < 1.29 is 22.7 Å². The molecule has 0 aromatic heterocycles. The maximum atomic E-state index is 12.3. The van der Waals surface area contributed by atoms with Crippen molar-refractivity contribution in [2.75, 3.05) is 0 Å². The van der Waals surface area contributed by atoms with Gasteiger partial charge in [-0.2, -0.15) is 5.26 Å². The average Bonchev–Trinajstić information content (AvgIpc) is 2.59. The van der Waals surface area contributed by atoms with Crippen molar-refractivity contribution in [2.45, 2.75) is 19.2 Å². The largest absolute Gasteiger partial charge is 0.573 e. The van der Waals surface area contributed by atoms with Crippen LogP contribution in [0.4, 0.5) is 13.2 Å². The second kappa shape index (κ2) is 6.56. The summed E-state index contributed by atoms with van der Waals surface area (Å²) in [7, 11) is 0. The number of nitrogens with two attached hydrogens (primary N) is 1. The first-order valence-electron chi connectivity index (χ1n) is 7.70. The van der Waals surface area contributed by atoms with E-state index in [2.05, 4.69) is 10.8 Å². The quantitative estimate of drug-likeness (QED) is 0.903. The molecule has 2 aromatic rings. The van der Waals surface area contributed by atoms with Gasteiger partial charge in [0.2, 0.25) is 5.91 Å². The summed E-state index contributed by atoms with van der Waals surface area (Å²) < 4.78 is 40.7. The number of halogens is 3. The Bertz CT molecular complexity index is 939. The second-order valence-electron chi connectivity index (χ2n) is 5.81. The molecular formula is C19H13F3N2O2. The number of fused-ring (bicyclic) bond motifs is 1. The summed E-state index contributed by atoms with van der Waals surface area (Å²) >= 11 is 0. The van der Waals surface area contributed by atoms with Gasteiger partial charge in [0.15, 0.2) is 0 Å². The number of primary amides is 1. The summed E-state index contributed by atoms with van der Waals surface area (Å²) in [6.07, 6.45) is -2.08. The highest BCUT2D eigenvalue weighted by molar-refractivity contribution is 5.98. The lowest BCUT2D eigenvalue weighted by Gasteiger charge is -2.19. The Kier molecular flexibility index (Phi) is 4.43. The SMILES string of the molecule is N#Cc1cc2c(c(-c3ccc(OC(F)(F)F)cc3)c1)CCC(C(N)=O)=C2. The minimum absolute atomic E-state index is 0.317. The van der Waals surface area contributed by atoms with Gasteiger partial charge in [-0.05, 0) is 65.4 Å². The molecule has 0 unspecified atom stereocenters. The van der Waals surface area contributed by atoms with Crippen molar-refractivity contribution >= 4 is 12.0 Å². The van der Waals surface area contributed by atoms with E-state index in [1.807, 2.05) is 0 Å². The summed E-state index contributed by atoms with van der Waals surface area (Å²) in [6.45, 7) is 0. The van der Waals surface area contributed by atoms with Crippen LogP contribution < -0.4 is 10.5 Å². The molecule has 1 aliphatic rings. The van der Waals surface area contributed by atoms with Crippen molar-refractivity contribution in [3.63, 3.8) is 0 Å².